The van der Waals surface area contributed by atoms with E-state index >= 15 is 0 Å². The topological polar surface area (TPSA) is 101 Å². The predicted molar refractivity (Wildman–Crippen MR) is 141 cm³/mol. The number of benzene rings is 3. The van der Waals surface area contributed by atoms with Crippen LogP contribution in [0, 0.1) is 6.92 Å². The first kappa shape index (κ1) is 24.4. The molecule has 1 amide bonds. The molecule has 1 fully saturated rings. The lowest BCUT2D eigenvalue weighted by Crippen LogP contribution is -2.59. The summed E-state index contributed by atoms with van der Waals surface area (Å²) in [7, 11) is 0. The summed E-state index contributed by atoms with van der Waals surface area (Å²) in [4.78, 5) is 42.1. The van der Waals surface area contributed by atoms with Gasteiger partial charge in [0.05, 0.1) is 11.0 Å². The van der Waals surface area contributed by atoms with Gasteiger partial charge in [-0.05, 0) is 68.9 Å². The molecule has 2 N–H and O–H groups in total. The number of aryl methyl sites for hydroxylation is 3. The van der Waals surface area contributed by atoms with E-state index in [1.54, 1.807) is 12.1 Å². The zero-order chi connectivity index (χ0) is 26.0. The van der Waals surface area contributed by atoms with Crippen LogP contribution < -0.4 is 5.32 Å². The monoisotopic (exact) mass is 495 g/mol. The van der Waals surface area contributed by atoms with Crippen molar-refractivity contribution in [2.24, 2.45) is 0 Å². The number of hydrogen-bond acceptors (Lipinski definition) is 4. The molecule has 5 rings (SSSR count). The third-order valence-electron chi connectivity index (χ3n) is 7.20. The van der Waals surface area contributed by atoms with Crippen LogP contribution >= 0.6 is 0 Å². The maximum Gasteiger partial charge on any atom is 0.329 e. The fourth-order valence-electron chi connectivity index (χ4n) is 4.79. The third-order valence-corrected chi connectivity index (χ3v) is 7.20. The molecule has 0 bridgehead atoms. The summed E-state index contributed by atoms with van der Waals surface area (Å²) in [5.41, 5.74) is 3.80. The van der Waals surface area contributed by atoms with Crippen molar-refractivity contribution >= 4 is 28.7 Å². The average Bonchev–Trinajstić information content (AvgIpc) is 3.25. The number of aromatic nitrogens is 2. The first-order valence-corrected chi connectivity index (χ1v) is 12.6. The molecule has 0 aliphatic heterocycles. The van der Waals surface area contributed by atoms with Gasteiger partial charge in [0.25, 0.3) is 5.91 Å². The van der Waals surface area contributed by atoms with Gasteiger partial charge in [-0.15, -0.1) is 0 Å². The van der Waals surface area contributed by atoms with Crippen LogP contribution in [0.15, 0.2) is 72.8 Å². The molecule has 1 saturated carbocycles. The second-order valence-electron chi connectivity index (χ2n) is 9.77. The number of aliphatic carboxylic acids is 1. The van der Waals surface area contributed by atoms with E-state index < -0.39 is 11.5 Å². The molecule has 0 atom stereocenters. The van der Waals surface area contributed by atoms with Crippen LogP contribution in [0.3, 0.4) is 0 Å². The van der Waals surface area contributed by atoms with Crippen molar-refractivity contribution in [3.05, 3.63) is 101 Å². The van der Waals surface area contributed by atoms with Crippen molar-refractivity contribution in [2.75, 3.05) is 0 Å². The van der Waals surface area contributed by atoms with Gasteiger partial charge in [-0.2, -0.15) is 0 Å². The second kappa shape index (κ2) is 10.0. The maximum absolute atomic E-state index is 13.3. The van der Waals surface area contributed by atoms with Gasteiger partial charge < -0.3 is 15.0 Å². The van der Waals surface area contributed by atoms with E-state index in [1.807, 2.05) is 72.2 Å². The molecule has 4 aromatic rings. The molecule has 37 heavy (non-hydrogen) atoms. The SMILES string of the molecule is Cc1ccc(C(=O)c2nc3ccccc3n2CCCc2ccc(C(=O)NC3(C(=O)O)CCC3)cc2)cc1. The van der Waals surface area contributed by atoms with Crippen molar-refractivity contribution in [3.8, 4) is 0 Å². The Morgan fingerprint density at radius 1 is 0.946 bits per heavy atom. The zero-order valence-electron chi connectivity index (χ0n) is 20.7. The molecule has 7 nitrogen and oxygen atoms in total. The Kier molecular flexibility index (Phi) is 6.61. The van der Waals surface area contributed by atoms with E-state index in [9.17, 15) is 19.5 Å². The summed E-state index contributed by atoms with van der Waals surface area (Å²) < 4.78 is 1.99. The highest BCUT2D eigenvalue weighted by Gasteiger charge is 2.45. The lowest BCUT2D eigenvalue weighted by molar-refractivity contribution is -0.148. The number of carbonyl (C=O) groups excluding carboxylic acids is 2. The number of fused-ring (bicyclic) bond motifs is 1. The smallest absolute Gasteiger partial charge is 0.329 e. The Hall–Kier alpha value is -4.26. The molecular weight excluding hydrogens is 466 g/mol. The van der Waals surface area contributed by atoms with E-state index in [1.165, 1.54) is 0 Å². The van der Waals surface area contributed by atoms with Crippen molar-refractivity contribution in [3.63, 3.8) is 0 Å². The van der Waals surface area contributed by atoms with Crippen LogP contribution in [0.2, 0.25) is 0 Å². The average molecular weight is 496 g/mol. The standard InChI is InChI=1S/C30H29N3O4/c1-20-9-13-22(14-10-20)26(34)27-31-24-7-2-3-8-25(24)33(27)19-4-6-21-11-15-23(16-12-21)28(35)32-30(29(36)37)17-5-18-30/h2-3,7-16H,4-6,17-19H2,1H3,(H,32,35)(H,36,37). The van der Waals surface area contributed by atoms with Crippen LogP contribution in [0.5, 0.6) is 0 Å². The first-order chi connectivity index (χ1) is 17.9. The fraction of sp³-hybridized carbons (Fsp3) is 0.267. The van der Waals surface area contributed by atoms with E-state index in [0.717, 1.165) is 41.4 Å². The molecule has 7 heteroatoms. The van der Waals surface area contributed by atoms with Crippen molar-refractivity contribution in [2.45, 2.75) is 51.1 Å². The predicted octanol–water partition coefficient (Wildman–Crippen LogP) is 4.95. The summed E-state index contributed by atoms with van der Waals surface area (Å²) in [5, 5.41) is 12.1. The molecule has 0 saturated heterocycles. The number of hydrogen-bond donors (Lipinski definition) is 2. The number of carboxylic acid groups (broad SMARTS) is 1. The zero-order valence-corrected chi connectivity index (χ0v) is 20.7. The molecule has 1 aliphatic carbocycles. The molecule has 3 aromatic carbocycles. The summed E-state index contributed by atoms with van der Waals surface area (Å²) in [6, 6.07) is 22.5. The fourth-order valence-corrected chi connectivity index (χ4v) is 4.79. The number of carboxylic acids is 1. The molecule has 0 radical (unpaired) electrons. The molecule has 0 unspecified atom stereocenters. The molecular formula is C30H29N3O4. The number of nitrogens with one attached hydrogen (secondary N) is 1. The van der Waals surface area contributed by atoms with E-state index in [4.69, 9.17) is 0 Å². The minimum atomic E-state index is -1.13. The molecule has 1 heterocycles. The molecule has 1 aromatic heterocycles. The quantitative estimate of drug-likeness (QED) is 0.320. The number of imidazole rings is 1. The van der Waals surface area contributed by atoms with Gasteiger partial charge in [0.2, 0.25) is 5.78 Å². The largest absolute Gasteiger partial charge is 0.480 e. The Labute approximate surface area is 215 Å². The Morgan fingerprint density at radius 2 is 1.62 bits per heavy atom. The molecule has 1 aliphatic rings. The van der Waals surface area contributed by atoms with Crippen LogP contribution in [0.25, 0.3) is 11.0 Å². The summed E-state index contributed by atoms with van der Waals surface area (Å²) in [6.07, 6.45) is 3.26. The Bertz CT molecular complexity index is 1470. The van der Waals surface area contributed by atoms with E-state index in [0.29, 0.717) is 36.3 Å². The van der Waals surface area contributed by atoms with Crippen LogP contribution in [0.1, 0.15) is 63.4 Å². The highest BCUT2D eigenvalue weighted by atomic mass is 16.4. The van der Waals surface area contributed by atoms with Gasteiger partial charge in [-0.3, -0.25) is 9.59 Å². The van der Waals surface area contributed by atoms with Gasteiger partial charge in [-0.25, -0.2) is 9.78 Å². The first-order valence-electron chi connectivity index (χ1n) is 12.6. The van der Waals surface area contributed by atoms with Gasteiger partial charge >= 0.3 is 5.97 Å². The normalized spacial score (nSPS) is 14.2. The third kappa shape index (κ3) is 4.89. The van der Waals surface area contributed by atoms with Crippen LogP contribution in [0.4, 0.5) is 0 Å². The van der Waals surface area contributed by atoms with Crippen molar-refractivity contribution in [1.29, 1.82) is 0 Å². The van der Waals surface area contributed by atoms with Gasteiger partial charge in [0, 0.05) is 17.7 Å². The second-order valence-corrected chi connectivity index (χ2v) is 9.77. The van der Waals surface area contributed by atoms with Crippen molar-refractivity contribution in [1.82, 2.24) is 14.9 Å². The van der Waals surface area contributed by atoms with E-state index in [2.05, 4.69) is 10.3 Å². The lowest BCUT2D eigenvalue weighted by atomic mass is 9.76. The maximum atomic E-state index is 13.3. The van der Waals surface area contributed by atoms with Gasteiger partial charge in [-0.1, -0.05) is 54.1 Å². The minimum absolute atomic E-state index is 0.0999. The Balaban J connectivity index is 1.27. The summed E-state index contributed by atoms with van der Waals surface area (Å²) in [5.74, 6) is -1.01. The number of amides is 1. The summed E-state index contributed by atoms with van der Waals surface area (Å²) in [6.45, 7) is 2.61. The number of rotatable bonds is 9. The number of para-hydroxylation sites is 2. The van der Waals surface area contributed by atoms with E-state index in [-0.39, 0.29) is 11.7 Å². The Morgan fingerprint density at radius 3 is 2.27 bits per heavy atom. The van der Waals surface area contributed by atoms with Crippen molar-refractivity contribution < 1.29 is 19.5 Å². The summed E-state index contributed by atoms with van der Waals surface area (Å²) >= 11 is 0. The van der Waals surface area contributed by atoms with Crippen LogP contribution in [-0.4, -0.2) is 37.9 Å². The number of ketones is 1. The number of nitrogens with zero attached hydrogens (tertiary/aromatic N) is 2. The number of carbonyl (C=O) groups is 3. The highest BCUT2D eigenvalue weighted by Crippen LogP contribution is 2.32. The van der Waals surface area contributed by atoms with Gasteiger partial charge in [0.1, 0.15) is 5.54 Å². The minimum Gasteiger partial charge on any atom is -0.480 e. The highest BCUT2D eigenvalue weighted by molar-refractivity contribution is 6.08. The van der Waals surface area contributed by atoms with Gasteiger partial charge in [0.15, 0.2) is 5.82 Å². The van der Waals surface area contributed by atoms with Crippen LogP contribution in [-0.2, 0) is 17.8 Å². The molecule has 188 valence electrons. The molecule has 0 spiro atoms. The lowest BCUT2D eigenvalue weighted by Gasteiger charge is -2.38.